The molecule has 2 N–H and O–H groups in total. The number of anilines is 2. The summed E-state index contributed by atoms with van der Waals surface area (Å²) in [7, 11) is 0. The molecule has 3 aromatic rings. The molecule has 0 fully saturated rings. The zero-order valence-electron chi connectivity index (χ0n) is 12.3. The molecule has 0 saturated heterocycles. The van der Waals surface area contributed by atoms with Crippen LogP contribution in [0.15, 0.2) is 54.7 Å². The van der Waals surface area contributed by atoms with Crippen molar-refractivity contribution in [1.82, 2.24) is 9.97 Å². The monoisotopic (exact) mass is 309 g/mol. The van der Waals surface area contributed by atoms with Crippen molar-refractivity contribution in [2.24, 2.45) is 0 Å². The molecule has 7 heteroatoms. The highest BCUT2D eigenvalue weighted by molar-refractivity contribution is 5.80. The smallest absolute Gasteiger partial charge is 0.287 e. The van der Waals surface area contributed by atoms with Gasteiger partial charge in [-0.1, -0.05) is 18.2 Å². The van der Waals surface area contributed by atoms with Gasteiger partial charge in [-0.3, -0.25) is 10.1 Å². The SMILES string of the molecule is O=[N+]([O-])c1ccc(NCCNc2ccc3ccccc3n2)nc1. The first-order chi connectivity index (χ1) is 11.2. The van der Waals surface area contributed by atoms with E-state index >= 15 is 0 Å². The Labute approximate surface area is 132 Å². The van der Waals surface area contributed by atoms with Gasteiger partial charge in [-0.05, 0) is 24.3 Å². The van der Waals surface area contributed by atoms with Crippen molar-refractivity contribution < 1.29 is 4.92 Å². The molecule has 1 aromatic carbocycles. The number of para-hydroxylation sites is 1. The summed E-state index contributed by atoms with van der Waals surface area (Å²) < 4.78 is 0. The minimum atomic E-state index is -0.469. The Balaban J connectivity index is 1.51. The van der Waals surface area contributed by atoms with Gasteiger partial charge in [0, 0.05) is 24.5 Å². The number of nitro groups is 1. The highest BCUT2D eigenvalue weighted by Gasteiger charge is 2.04. The molecule has 2 heterocycles. The van der Waals surface area contributed by atoms with Crippen molar-refractivity contribution in [2.45, 2.75) is 0 Å². The molecule has 0 aliphatic rings. The quantitative estimate of drug-likeness (QED) is 0.413. The average molecular weight is 309 g/mol. The molecule has 0 bridgehead atoms. The first kappa shape index (κ1) is 14.7. The number of nitrogens with zero attached hydrogens (tertiary/aromatic N) is 3. The van der Waals surface area contributed by atoms with Gasteiger partial charge in [-0.2, -0.15) is 0 Å². The lowest BCUT2D eigenvalue weighted by Gasteiger charge is -2.08. The van der Waals surface area contributed by atoms with Crippen LogP contribution in [0.3, 0.4) is 0 Å². The Morgan fingerprint density at radius 2 is 1.70 bits per heavy atom. The molecule has 0 unspecified atom stereocenters. The van der Waals surface area contributed by atoms with Crippen molar-refractivity contribution in [1.29, 1.82) is 0 Å². The highest BCUT2D eigenvalue weighted by atomic mass is 16.6. The number of hydrogen-bond donors (Lipinski definition) is 2. The number of pyridine rings is 2. The molecule has 0 atom stereocenters. The summed E-state index contributed by atoms with van der Waals surface area (Å²) in [5.74, 6) is 1.41. The van der Waals surface area contributed by atoms with Crippen molar-refractivity contribution in [3.8, 4) is 0 Å². The van der Waals surface area contributed by atoms with Gasteiger partial charge in [-0.15, -0.1) is 0 Å². The predicted octanol–water partition coefficient (Wildman–Crippen LogP) is 3.06. The van der Waals surface area contributed by atoms with E-state index in [2.05, 4.69) is 20.6 Å². The summed E-state index contributed by atoms with van der Waals surface area (Å²) in [5.41, 5.74) is 0.927. The predicted molar refractivity (Wildman–Crippen MR) is 89.6 cm³/mol. The summed E-state index contributed by atoms with van der Waals surface area (Å²) >= 11 is 0. The Kier molecular flexibility index (Phi) is 4.28. The topological polar surface area (TPSA) is 93.0 Å². The Morgan fingerprint density at radius 3 is 2.43 bits per heavy atom. The Bertz CT molecular complexity index is 820. The van der Waals surface area contributed by atoms with Gasteiger partial charge < -0.3 is 10.6 Å². The van der Waals surface area contributed by atoms with Crippen LogP contribution in [0.1, 0.15) is 0 Å². The van der Waals surface area contributed by atoms with Crippen LogP contribution in [0.2, 0.25) is 0 Å². The van der Waals surface area contributed by atoms with E-state index in [1.807, 2.05) is 36.4 Å². The van der Waals surface area contributed by atoms with Crippen LogP contribution in [0.4, 0.5) is 17.3 Å². The second-order valence-electron chi connectivity index (χ2n) is 4.90. The lowest BCUT2D eigenvalue weighted by molar-refractivity contribution is -0.385. The average Bonchev–Trinajstić information content (AvgIpc) is 2.59. The number of hydrogen-bond acceptors (Lipinski definition) is 6. The minimum absolute atomic E-state index is 0.0194. The second-order valence-corrected chi connectivity index (χ2v) is 4.90. The van der Waals surface area contributed by atoms with E-state index in [4.69, 9.17) is 0 Å². The summed E-state index contributed by atoms with van der Waals surface area (Å²) in [6.45, 7) is 1.28. The molecule has 0 aliphatic heterocycles. The van der Waals surface area contributed by atoms with Crippen LogP contribution < -0.4 is 10.6 Å². The summed E-state index contributed by atoms with van der Waals surface area (Å²) in [6.07, 6.45) is 1.24. The number of benzene rings is 1. The van der Waals surface area contributed by atoms with E-state index < -0.39 is 4.92 Å². The molecule has 7 nitrogen and oxygen atoms in total. The maximum atomic E-state index is 10.6. The first-order valence-corrected chi connectivity index (χ1v) is 7.16. The summed E-state index contributed by atoms with van der Waals surface area (Å²) in [6, 6.07) is 14.9. The highest BCUT2D eigenvalue weighted by Crippen LogP contribution is 2.14. The van der Waals surface area contributed by atoms with Crippen LogP contribution in [0, 0.1) is 10.1 Å². The van der Waals surface area contributed by atoms with Crippen LogP contribution in [-0.4, -0.2) is 28.0 Å². The number of aromatic nitrogens is 2. The molecule has 0 saturated carbocycles. The van der Waals surface area contributed by atoms with Crippen LogP contribution >= 0.6 is 0 Å². The molecule has 23 heavy (non-hydrogen) atoms. The summed E-state index contributed by atoms with van der Waals surface area (Å²) in [4.78, 5) is 18.6. The van der Waals surface area contributed by atoms with Gasteiger partial charge in [0.15, 0.2) is 0 Å². The standard InChI is InChI=1S/C16H15N5O2/c22-21(23)13-6-8-15(19-11-13)17-9-10-18-16-7-5-12-3-1-2-4-14(12)20-16/h1-8,11H,9-10H2,(H,17,19)(H,18,20). The molecule has 3 rings (SSSR count). The van der Waals surface area contributed by atoms with Gasteiger partial charge in [0.1, 0.15) is 17.8 Å². The van der Waals surface area contributed by atoms with Gasteiger partial charge >= 0.3 is 0 Å². The van der Waals surface area contributed by atoms with E-state index in [9.17, 15) is 10.1 Å². The van der Waals surface area contributed by atoms with Crippen LogP contribution in [0.5, 0.6) is 0 Å². The fraction of sp³-hybridized carbons (Fsp3) is 0.125. The molecular formula is C16H15N5O2. The number of fused-ring (bicyclic) bond motifs is 1. The minimum Gasteiger partial charge on any atom is -0.368 e. The van der Waals surface area contributed by atoms with Crippen molar-refractivity contribution >= 4 is 28.2 Å². The Morgan fingerprint density at radius 1 is 0.957 bits per heavy atom. The second kappa shape index (κ2) is 6.69. The molecule has 2 aromatic heterocycles. The lowest BCUT2D eigenvalue weighted by atomic mass is 10.2. The summed E-state index contributed by atoms with van der Waals surface area (Å²) in [5, 5.41) is 18.0. The zero-order valence-corrected chi connectivity index (χ0v) is 12.3. The normalized spacial score (nSPS) is 10.4. The van der Waals surface area contributed by atoms with E-state index in [0.29, 0.717) is 18.9 Å². The third-order valence-electron chi connectivity index (χ3n) is 3.29. The molecule has 0 aliphatic carbocycles. The zero-order chi connectivity index (χ0) is 16.1. The van der Waals surface area contributed by atoms with E-state index in [1.165, 1.54) is 12.3 Å². The van der Waals surface area contributed by atoms with Gasteiger partial charge in [0.25, 0.3) is 5.69 Å². The molecule has 0 spiro atoms. The molecule has 0 amide bonds. The van der Waals surface area contributed by atoms with Gasteiger partial charge in [0.2, 0.25) is 0 Å². The maximum absolute atomic E-state index is 10.6. The van der Waals surface area contributed by atoms with Crippen molar-refractivity contribution in [3.05, 3.63) is 64.8 Å². The number of nitrogens with one attached hydrogen (secondary N) is 2. The Hall–Kier alpha value is -3.22. The van der Waals surface area contributed by atoms with Crippen molar-refractivity contribution in [3.63, 3.8) is 0 Å². The van der Waals surface area contributed by atoms with E-state index in [0.717, 1.165) is 16.7 Å². The molecular weight excluding hydrogens is 294 g/mol. The largest absolute Gasteiger partial charge is 0.368 e. The molecule has 0 radical (unpaired) electrons. The van der Waals surface area contributed by atoms with Gasteiger partial charge in [-0.25, -0.2) is 9.97 Å². The number of rotatable bonds is 6. The lowest BCUT2D eigenvalue weighted by Crippen LogP contribution is -2.14. The fourth-order valence-electron chi connectivity index (χ4n) is 2.14. The van der Waals surface area contributed by atoms with Crippen LogP contribution in [0.25, 0.3) is 10.9 Å². The molecule has 116 valence electrons. The van der Waals surface area contributed by atoms with Crippen LogP contribution in [-0.2, 0) is 0 Å². The van der Waals surface area contributed by atoms with E-state index in [-0.39, 0.29) is 5.69 Å². The first-order valence-electron chi connectivity index (χ1n) is 7.16. The van der Waals surface area contributed by atoms with Gasteiger partial charge in [0.05, 0.1) is 10.4 Å². The maximum Gasteiger partial charge on any atom is 0.287 e. The third kappa shape index (κ3) is 3.70. The van der Waals surface area contributed by atoms with E-state index in [1.54, 1.807) is 6.07 Å². The van der Waals surface area contributed by atoms with Crippen molar-refractivity contribution in [2.75, 3.05) is 23.7 Å². The fourth-order valence-corrected chi connectivity index (χ4v) is 2.14. The third-order valence-corrected chi connectivity index (χ3v) is 3.29.